The summed E-state index contributed by atoms with van der Waals surface area (Å²) in [6.07, 6.45) is 6.02. The minimum atomic E-state index is 0.0842. The minimum absolute atomic E-state index is 0.0842. The van der Waals surface area contributed by atoms with Crippen molar-refractivity contribution in [2.24, 2.45) is 5.92 Å². The zero-order chi connectivity index (χ0) is 19.5. The number of rotatable bonds is 7. The van der Waals surface area contributed by atoms with Gasteiger partial charge in [0.25, 0.3) is 0 Å². The van der Waals surface area contributed by atoms with Crippen molar-refractivity contribution in [2.75, 3.05) is 20.2 Å². The fraction of sp³-hybridized carbons (Fsp3) is 0.500. The molecule has 1 unspecified atom stereocenters. The summed E-state index contributed by atoms with van der Waals surface area (Å²) in [4.78, 5) is 24.0. The highest BCUT2D eigenvalue weighted by molar-refractivity contribution is 5.78. The van der Waals surface area contributed by atoms with Gasteiger partial charge in [0.1, 0.15) is 11.6 Å². The van der Waals surface area contributed by atoms with Gasteiger partial charge in [-0.3, -0.25) is 9.69 Å². The molecule has 2 aromatic rings. The van der Waals surface area contributed by atoms with E-state index in [2.05, 4.69) is 39.2 Å². The molecule has 1 fully saturated rings. The van der Waals surface area contributed by atoms with Crippen LogP contribution in [0.4, 0.5) is 0 Å². The van der Waals surface area contributed by atoms with Crippen molar-refractivity contribution in [2.45, 2.75) is 45.2 Å². The molecule has 6 heteroatoms. The van der Waals surface area contributed by atoms with Crippen LogP contribution >= 0.6 is 0 Å². The number of aryl methyl sites for hydroxylation is 1. The number of hydrogen-bond acceptors (Lipinski definition) is 5. The van der Waals surface area contributed by atoms with Crippen LogP contribution in [0.1, 0.15) is 48.5 Å². The van der Waals surface area contributed by atoms with E-state index in [-0.39, 0.29) is 11.9 Å². The maximum Gasteiger partial charge on any atom is 0.234 e. The Bertz CT molecular complexity index is 833. The van der Waals surface area contributed by atoms with Gasteiger partial charge in [-0.25, -0.2) is 9.97 Å². The number of amides is 1. The minimum Gasteiger partial charge on any atom is -0.497 e. The van der Waals surface area contributed by atoms with Gasteiger partial charge in [-0.15, -0.1) is 0 Å². The molecule has 148 valence electrons. The van der Waals surface area contributed by atoms with Crippen molar-refractivity contribution in [1.29, 1.82) is 0 Å². The highest BCUT2D eigenvalue weighted by Gasteiger charge is 2.33. The van der Waals surface area contributed by atoms with Crippen LogP contribution in [0.5, 0.6) is 5.75 Å². The number of carbonyl (C=O) groups is 1. The Hall–Kier alpha value is -2.47. The van der Waals surface area contributed by atoms with Crippen LogP contribution in [0.15, 0.2) is 30.5 Å². The third-order valence-corrected chi connectivity index (χ3v) is 5.64. The molecule has 1 aromatic carbocycles. The maximum atomic E-state index is 12.8. The van der Waals surface area contributed by atoms with Crippen molar-refractivity contribution in [3.05, 3.63) is 53.1 Å². The second-order valence-corrected chi connectivity index (χ2v) is 7.73. The first-order valence-electron chi connectivity index (χ1n) is 10.2. The molecular formula is C22H28N4O2. The highest BCUT2D eigenvalue weighted by Crippen LogP contribution is 2.41. The molecule has 0 bridgehead atoms. The van der Waals surface area contributed by atoms with E-state index in [0.29, 0.717) is 12.5 Å². The zero-order valence-corrected chi connectivity index (χ0v) is 16.6. The maximum absolute atomic E-state index is 12.8. The summed E-state index contributed by atoms with van der Waals surface area (Å²) >= 11 is 0. The van der Waals surface area contributed by atoms with Crippen LogP contribution in [-0.4, -0.2) is 41.0 Å². The third kappa shape index (κ3) is 4.33. The Morgan fingerprint density at radius 1 is 1.32 bits per heavy atom. The number of nitrogens with one attached hydrogen (secondary N) is 1. The number of nitrogens with zero attached hydrogens (tertiary/aromatic N) is 3. The molecule has 0 saturated heterocycles. The quantitative estimate of drug-likeness (QED) is 0.800. The fourth-order valence-corrected chi connectivity index (χ4v) is 3.84. The first-order valence-corrected chi connectivity index (χ1v) is 10.2. The lowest BCUT2D eigenvalue weighted by molar-refractivity contribution is -0.123. The summed E-state index contributed by atoms with van der Waals surface area (Å²) in [5.41, 5.74) is 3.43. The number of aromatic nitrogens is 2. The van der Waals surface area contributed by atoms with E-state index in [4.69, 9.17) is 4.74 Å². The van der Waals surface area contributed by atoms with E-state index in [1.54, 1.807) is 7.11 Å². The molecule has 1 aromatic heterocycles. The van der Waals surface area contributed by atoms with Gasteiger partial charge in [-0.2, -0.15) is 0 Å². The van der Waals surface area contributed by atoms with Crippen molar-refractivity contribution in [3.8, 4) is 5.75 Å². The summed E-state index contributed by atoms with van der Waals surface area (Å²) < 4.78 is 5.25. The van der Waals surface area contributed by atoms with Gasteiger partial charge in [0.15, 0.2) is 0 Å². The smallest absolute Gasteiger partial charge is 0.234 e. The van der Waals surface area contributed by atoms with Crippen LogP contribution in [-0.2, 0) is 24.2 Å². The molecule has 28 heavy (non-hydrogen) atoms. The summed E-state index contributed by atoms with van der Waals surface area (Å²) in [7, 11) is 1.67. The Balaban J connectivity index is 1.38. The third-order valence-electron chi connectivity index (χ3n) is 5.64. The van der Waals surface area contributed by atoms with Crippen molar-refractivity contribution >= 4 is 5.91 Å². The van der Waals surface area contributed by atoms with Crippen LogP contribution in [0.2, 0.25) is 0 Å². The lowest BCUT2D eigenvalue weighted by Gasteiger charge is -2.28. The Labute approximate surface area is 166 Å². The normalized spacial score (nSPS) is 17.6. The molecule has 1 atom stereocenters. The summed E-state index contributed by atoms with van der Waals surface area (Å²) in [6, 6.07) is 8.13. The molecule has 2 aliphatic rings. The highest BCUT2D eigenvalue weighted by atomic mass is 16.5. The predicted octanol–water partition coefficient (Wildman–Crippen LogP) is 2.67. The Kier molecular flexibility index (Phi) is 5.57. The zero-order valence-electron chi connectivity index (χ0n) is 16.6. The number of carbonyl (C=O) groups excluding carboxylic acids is 1. The molecular weight excluding hydrogens is 352 g/mol. The van der Waals surface area contributed by atoms with Gasteiger partial charge in [0, 0.05) is 25.7 Å². The second kappa shape index (κ2) is 8.27. The van der Waals surface area contributed by atoms with Crippen molar-refractivity contribution in [3.63, 3.8) is 0 Å². The van der Waals surface area contributed by atoms with Gasteiger partial charge >= 0.3 is 0 Å². The molecule has 6 nitrogen and oxygen atoms in total. The van der Waals surface area contributed by atoms with E-state index in [1.165, 1.54) is 18.4 Å². The standard InChI is InChI=1S/C22H28N4O2/c1-3-20-23-12-17-10-11-26(13-19(17)24-20)14-21(27)25-22(15-4-5-15)16-6-8-18(28-2)9-7-16/h6-9,12,15,22H,3-5,10-11,13-14H2,1-2H3,(H,25,27). The molecule has 1 amide bonds. The lowest BCUT2D eigenvalue weighted by Crippen LogP contribution is -2.41. The predicted molar refractivity (Wildman–Crippen MR) is 107 cm³/mol. The summed E-state index contributed by atoms with van der Waals surface area (Å²) in [6.45, 7) is 4.05. The van der Waals surface area contributed by atoms with Gasteiger partial charge in [0.2, 0.25) is 5.91 Å². The summed E-state index contributed by atoms with van der Waals surface area (Å²) in [5, 5.41) is 3.27. The average molecular weight is 380 g/mol. The second-order valence-electron chi connectivity index (χ2n) is 7.73. The molecule has 1 saturated carbocycles. The molecule has 1 aliphatic carbocycles. The first-order chi connectivity index (χ1) is 13.7. The van der Waals surface area contributed by atoms with Crippen LogP contribution in [0.3, 0.4) is 0 Å². The molecule has 0 radical (unpaired) electrons. The monoisotopic (exact) mass is 380 g/mol. The van der Waals surface area contributed by atoms with Crippen molar-refractivity contribution < 1.29 is 9.53 Å². The number of fused-ring (bicyclic) bond motifs is 1. The van der Waals surface area contributed by atoms with E-state index in [9.17, 15) is 4.79 Å². The average Bonchev–Trinajstić information content (AvgIpc) is 3.57. The number of hydrogen-bond donors (Lipinski definition) is 1. The SMILES string of the molecule is CCc1ncc2c(n1)CN(CC(=O)NC(c1ccc(OC)cc1)C1CC1)CC2. The number of methoxy groups -OCH3 is 1. The summed E-state index contributed by atoms with van der Waals surface area (Å²) in [5.74, 6) is 2.34. The van der Waals surface area contributed by atoms with Crippen molar-refractivity contribution in [1.82, 2.24) is 20.2 Å². The fourth-order valence-electron chi connectivity index (χ4n) is 3.84. The molecule has 1 aliphatic heterocycles. The first kappa shape index (κ1) is 18.9. The number of ether oxygens (including phenoxy) is 1. The Morgan fingerprint density at radius 3 is 2.79 bits per heavy atom. The van der Waals surface area contributed by atoms with Crippen LogP contribution < -0.4 is 10.1 Å². The van der Waals surface area contributed by atoms with E-state index in [1.807, 2.05) is 18.3 Å². The van der Waals surface area contributed by atoms with Gasteiger partial charge < -0.3 is 10.1 Å². The molecule has 2 heterocycles. The van der Waals surface area contributed by atoms with Gasteiger partial charge in [-0.1, -0.05) is 19.1 Å². The van der Waals surface area contributed by atoms with E-state index < -0.39 is 0 Å². The Morgan fingerprint density at radius 2 is 2.11 bits per heavy atom. The van der Waals surface area contributed by atoms with Crippen LogP contribution in [0, 0.1) is 5.92 Å². The molecule has 0 spiro atoms. The number of benzene rings is 1. The lowest BCUT2D eigenvalue weighted by atomic mass is 10.0. The topological polar surface area (TPSA) is 67.4 Å². The molecule has 1 N–H and O–H groups in total. The molecule has 4 rings (SSSR count). The largest absolute Gasteiger partial charge is 0.497 e. The van der Waals surface area contributed by atoms with Gasteiger partial charge in [-0.05, 0) is 48.4 Å². The van der Waals surface area contributed by atoms with Gasteiger partial charge in [0.05, 0.1) is 25.4 Å². The van der Waals surface area contributed by atoms with Crippen LogP contribution in [0.25, 0.3) is 0 Å². The van der Waals surface area contributed by atoms with E-state index >= 15 is 0 Å². The van der Waals surface area contributed by atoms with E-state index in [0.717, 1.165) is 48.8 Å².